The first-order chi connectivity index (χ1) is 15.6. The smallest absolute Gasteiger partial charge is 0.335 e. The lowest BCUT2D eigenvalue weighted by Gasteiger charge is -2.61. The van der Waals surface area contributed by atoms with Crippen LogP contribution in [0.4, 0.5) is 0 Å². The molecule has 8 heteroatoms. The van der Waals surface area contributed by atoms with Gasteiger partial charge in [-0.25, -0.2) is 4.79 Å². The first kappa shape index (κ1) is 23.9. The zero-order chi connectivity index (χ0) is 23.7. The Morgan fingerprint density at radius 3 is 2.27 bits per heavy atom. The van der Waals surface area contributed by atoms with Gasteiger partial charge in [-0.1, -0.05) is 13.8 Å². The standard InChI is InChI=1S/C25H40O8/c1-24-9-7-13(32-23-20(29)18(27)19(28)21(33-23)22(30)31)11-12(24)3-4-14-15-5-6-17(26)25(15,2)10-8-16(14)24/h12-21,23,26-29H,3-11H2,1-2H3,(H,30,31)/t12?,13-,14+,15+,16+,17?,18+,19+,20-,21+,23?,24+,25+/m1/s1. The molecule has 0 spiro atoms. The third-order valence-electron chi connectivity index (χ3n) is 10.7. The summed E-state index contributed by atoms with van der Waals surface area (Å²) in [5.41, 5.74) is 0.300. The zero-order valence-electron chi connectivity index (χ0n) is 19.7. The van der Waals surface area contributed by atoms with Gasteiger partial charge in [0.2, 0.25) is 0 Å². The van der Waals surface area contributed by atoms with Crippen LogP contribution in [0.15, 0.2) is 0 Å². The van der Waals surface area contributed by atoms with E-state index in [-0.39, 0.29) is 23.0 Å². The van der Waals surface area contributed by atoms with Crippen molar-refractivity contribution < 1.29 is 39.8 Å². The Morgan fingerprint density at radius 1 is 0.848 bits per heavy atom. The molecular formula is C25H40O8. The molecular weight excluding hydrogens is 428 g/mol. The Morgan fingerprint density at radius 2 is 1.55 bits per heavy atom. The Kier molecular flexibility index (Phi) is 6.11. The Bertz CT molecular complexity index is 761. The molecule has 1 aliphatic heterocycles. The summed E-state index contributed by atoms with van der Waals surface area (Å²) in [6.07, 6.45) is 1.19. The lowest BCUT2D eigenvalue weighted by molar-refractivity contribution is -0.309. The number of carboxylic acids is 1. The van der Waals surface area contributed by atoms with E-state index in [1.165, 1.54) is 12.8 Å². The van der Waals surface area contributed by atoms with Crippen molar-refractivity contribution in [2.75, 3.05) is 0 Å². The highest BCUT2D eigenvalue weighted by atomic mass is 16.7. The van der Waals surface area contributed by atoms with Gasteiger partial charge in [-0.05, 0) is 92.3 Å². The molecule has 0 aromatic heterocycles. The fourth-order valence-corrected chi connectivity index (χ4v) is 8.67. The minimum Gasteiger partial charge on any atom is -0.479 e. The summed E-state index contributed by atoms with van der Waals surface area (Å²) in [5.74, 6) is 1.05. The van der Waals surface area contributed by atoms with Gasteiger partial charge in [0, 0.05) is 0 Å². The highest BCUT2D eigenvalue weighted by Crippen LogP contribution is 2.66. The van der Waals surface area contributed by atoms with Crippen LogP contribution in [0, 0.1) is 34.5 Å². The van der Waals surface area contributed by atoms with Crippen LogP contribution in [-0.2, 0) is 14.3 Å². The molecule has 1 saturated heterocycles. The molecule has 4 aliphatic carbocycles. The van der Waals surface area contributed by atoms with E-state index in [4.69, 9.17) is 9.47 Å². The van der Waals surface area contributed by atoms with Crippen LogP contribution in [0.2, 0.25) is 0 Å². The van der Waals surface area contributed by atoms with Crippen LogP contribution in [-0.4, -0.2) is 74.4 Å². The summed E-state index contributed by atoms with van der Waals surface area (Å²) in [5, 5.41) is 50.3. The summed E-state index contributed by atoms with van der Waals surface area (Å²) in [6, 6.07) is 0. The minimum absolute atomic E-state index is 0.0746. The second-order valence-corrected chi connectivity index (χ2v) is 12.1. The second-order valence-electron chi connectivity index (χ2n) is 12.1. The number of carbonyl (C=O) groups is 1. The maximum atomic E-state index is 11.4. The van der Waals surface area contributed by atoms with E-state index in [0.29, 0.717) is 23.7 Å². The molecule has 33 heavy (non-hydrogen) atoms. The van der Waals surface area contributed by atoms with Gasteiger partial charge in [0.05, 0.1) is 12.2 Å². The van der Waals surface area contributed by atoms with Gasteiger partial charge >= 0.3 is 5.97 Å². The molecule has 0 radical (unpaired) electrons. The van der Waals surface area contributed by atoms with E-state index >= 15 is 0 Å². The molecule has 8 nitrogen and oxygen atoms in total. The number of aliphatic carboxylic acids is 1. The highest BCUT2D eigenvalue weighted by molar-refractivity contribution is 5.73. The number of aliphatic hydroxyl groups excluding tert-OH is 4. The van der Waals surface area contributed by atoms with Gasteiger partial charge in [-0.15, -0.1) is 0 Å². The van der Waals surface area contributed by atoms with Gasteiger partial charge in [-0.2, -0.15) is 0 Å². The maximum Gasteiger partial charge on any atom is 0.335 e. The minimum atomic E-state index is -1.70. The fourth-order valence-electron chi connectivity index (χ4n) is 8.67. The van der Waals surface area contributed by atoms with Gasteiger partial charge in [0.1, 0.15) is 18.3 Å². The number of aliphatic hydroxyl groups is 4. The van der Waals surface area contributed by atoms with Crippen molar-refractivity contribution in [3.63, 3.8) is 0 Å². The average molecular weight is 469 g/mol. The molecule has 188 valence electrons. The first-order valence-corrected chi connectivity index (χ1v) is 12.8. The van der Waals surface area contributed by atoms with Crippen LogP contribution in [0.25, 0.3) is 0 Å². The third-order valence-corrected chi connectivity index (χ3v) is 10.7. The van der Waals surface area contributed by atoms with Crippen LogP contribution in [0.1, 0.15) is 71.6 Å². The Balaban J connectivity index is 1.26. The molecule has 13 atom stereocenters. The molecule has 0 aromatic rings. The topological polar surface area (TPSA) is 137 Å². The molecule has 0 aromatic carbocycles. The molecule has 3 unspecified atom stereocenters. The molecule has 4 saturated carbocycles. The van der Waals surface area contributed by atoms with Crippen molar-refractivity contribution in [2.24, 2.45) is 34.5 Å². The monoisotopic (exact) mass is 468 g/mol. The largest absolute Gasteiger partial charge is 0.479 e. The Hall–Kier alpha value is -0.770. The SMILES string of the molecule is C[C@]12CC[C@@H](OC3O[C@H](C(=O)O)[C@@H](O)[C@H](O)[C@H]3O)CC1CC[C@@H]1[C@@H]2CC[C@]2(C)C(O)CC[C@@H]12. The quantitative estimate of drug-likeness (QED) is 0.395. The molecule has 5 N–H and O–H groups in total. The van der Waals surface area contributed by atoms with Gasteiger partial charge < -0.3 is 35.0 Å². The molecule has 5 fully saturated rings. The van der Waals surface area contributed by atoms with Crippen molar-refractivity contribution in [3.8, 4) is 0 Å². The normalized spacial score (nSPS) is 56.5. The fraction of sp³-hybridized carbons (Fsp3) is 0.960. The van der Waals surface area contributed by atoms with Crippen molar-refractivity contribution >= 4 is 5.97 Å². The zero-order valence-corrected chi connectivity index (χ0v) is 19.7. The molecule has 1 heterocycles. The van der Waals surface area contributed by atoms with E-state index in [0.717, 1.165) is 44.9 Å². The summed E-state index contributed by atoms with van der Waals surface area (Å²) in [4.78, 5) is 11.4. The lowest BCUT2D eigenvalue weighted by Crippen LogP contribution is -2.61. The summed E-state index contributed by atoms with van der Waals surface area (Å²) in [7, 11) is 0. The number of hydrogen-bond acceptors (Lipinski definition) is 7. The predicted octanol–water partition coefficient (Wildman–Crippen LogP) is 1.67. The average Bonchev–Trinajstić information content (AvgIpc) is 3.08. The van der Waals surface area contributed by atoms with Crippen LogP contribution in [0.3, 0.4) is 0 Å². The predicted molar refractivity (Wildman–Crippen MR) is 117 cm³/mol. The molecule has 0 bridgehead atoms. The second kappa shape index (κ2) is 8.42. The molecule has 0 amide bonds. The highest BCUT2D eigenvalue weighted by Gasteiger charge is 2.60. The third kappa shape index (κ3) is 3.67. The number of ether oxygens (including phenoxy) is 2. The lowest BCUT2D eigenvalue weighted by atomic mass is 9.45. The number of fused-ring (bicyclic) bond motifs is 5. The summed E-state index contributed by atoms with van der Waals surface area (Å²) in [6.45, 7) is 4.74. The number of rotatable bonds is 3. The van der Waals surface area contributed by atoms with Crippen LogP contribution in [0.5, 0.6) is 0 Å². The molecule has 5 aliphatic rings. The maximum absolute atomic E-state index is 11.4. The van der Waals surface area contributed by atoms with Crippen LogP contribution >= 0.6 is 0 Å². The van der Waals surface area contributed by atoms with E-state index < -0.39 is 36.7 Å². The van der Waals surface area contributed by atoms with E-state index in [1.54, 1.807) is 0 Å². The molecule has 5 rings (SSSR count). The van der Waals surface area contributed by atoms with Crippen molar-refractivity contribution in [1.29, 1.82) is 0 Å². The van der Waals surface area contributed by atoms with E-state index in [2.05, 4.69) is 13.8 Å². The number of carboxylic acid groups (broad SMARTS) is 1. The van der Waals surface area contributed by atoms with Gasteiger partial charge in [-0.3, -0.25) is 0 Å². The Labute approximate surface area is 195 Å². The van der Waals surface area contributed by atoms with E-state index in [9.17, 15) is 30.3 Å². The van der Waals surface area contributed by atoms with E-state index in [1.807, 2.05) is 0 Å². The van der Waals surface area contributed by atoms with Gasteiger partial charge in [0.15, 0.2) is 12.4 Å². The van der Waals surface area contributed by atoms with Crippen molar-refractivity contribution in [3.05, 3.63) is 0 Å². The summed E-state index contributed by atoms with van der Waals surface area (Å²) < 4.78 is 11.4. The van der Waals surface area contributed by atoms with Crippen molar-refractivity contribution in [1.82, 2.24) is 0 Å². The summed E-state index contributed by atoms with van der Waals surface area (Å²) >= 11 is 0. The van der Waals surface area contributed by atoms with Crippen molar-refractivity contribution in [2.45, 2.75) is 115 Å². The van der Waals surface area contributed by atoms with Gasteiger partial charge in [0.25, 0.3) is 0 Å². The van der Waals surface area contributed by atoms with Crippen LogP contribution < -0.4 is 0 Å². The first-order valence-electron chi connectivity index (χ1n) is 12.8. The number of hydrogen-bond donors (Lipinski definition) is 5.